The van der Waals surface area contributed by atoms with Crippen molar-refractivity contribution in [2.45, 2.75) is 103 Å². The van der Waals surface area contributed by atoms with Gasteiger partial charge in [-0.05, 0) is 92.5 Å². The number of fused-ring (bicyclic) bond motifs is 2. The summed E-state index contributed by atoms with van der Waals surface area (Å²) in [7, 11) is 0. The molecule has 2 heterocycles. The molecule has 0 bridgehead atoms. The fourth-order valence-electron chi connectivity index (χ4n) is 6.45. The van der Waals surface area contributed by atoms with Gasteiger partial charge in [-0.3, -0.25) is 9.59 Å². The van der Waals surface area contributed by atoms with E-state index in [1.165, 1.54) is 36.9 Å². The predicted molar refractivity (Wildman–Crippen MR) is 142 cm³/mol. The van der Waals surface area contributed by atoms with Crippen LogP contribution >= 0.6 is 0 Å². The molecule has 4 rings (SSSR count). The largest absolute Gasteiger partial charge is 0.347 e. The zero-order valence-corrected chi connectivity index (χ0v) is 22.7. The number of carbonyl (C=O) groups is 2. The number of likely N-dealkylation sites (tertiary alicyclic amines) is 2. The zero-order valence-electron chi connectivity index (χ0n) is 22.7. The van der Waals surface area contributed by atoms with E-state index in [4.69, 9.17) is 0 Å². The van der Waals surface area contributed by atoms with Crippen molar-refractivity contribution in [3.63, 3.8) is 0 Å². The molecule has 2 fully saturated rings. The molecule has 1 aliphatic carbocycles. The standard InChI is InChI=1S/C30H47N3O2/c1-22(2)21-26(33-17-8-11-27(33)34)28(35)31-25-12-13-30(24-10-7-6-9-23(24)25)15-19-32(20-16-30)18-14-29(3,4)5/h6-7,9-10,22,25-26H,8,11-21H2,1-5H3,(H,31,35)/t25-,26-/m0/s1. The zero-order chi connectivity index (χ0) is 25.2. The van der Waals surface area contributed by atoms with Gasteiger partial charge in [0.25, 0.3) is 0 Å². The number of amides is 2. The Morgan fingerprint density at radius 3 is 2.46 bits per heavy atom. The van der Waals surface area contributed by atoms with Gasteiger partial charge in [0.05, 0.1) is 6.04 Å². The van der Waals surface area contributed by atoms with Crippen LogP contribution in [0.5, 0.6) is 0 Å². The Morgan fingerprint density at radius 2 is 1.83 bits per heavy atom. The first-order valence-corrected chi connectivity index (χ1v) is 14.0. The molecule has 0 radical (unpaired) electrons. The molecular formula is C30H47N3O2. The molecule has 1 N–H and O–H groups in total. The maximum atomic E-state index is 13.5. The van der Waals surface area contributed by atoms with Gasteiger partial charge in [0, 0.05) is 13.0 Å². The lowest BCUT2D eigenvalue weighted by Crippen LogP contribution is -2.51. The Hall–Kier alpha value is -1.88. The van der Waals surface area contributed by atoms with Crippen molar-refractivity contribution in [1.29, 1.82) is 0 Å². The van der Waals surface area contributed by atoms with Crippen LogP contribution in [0, 0.1) is 11.3 Å². The van der Waals surface area contributed by atoms with Gasteiger partial charge in [0.1, 0.15) is 6.04 Å². The number of benzene rings is 1. The summed E-state index contributed by atoms with van der Waals surface area (Å²) in [6, 6.07) is 8.51. The van der Waals surface area contributed by atoms with Gasteiger partial charge in [0.2, 0.25) is 11.8 Å². The molecule has 3 aliphatic rings. The molecule has 2 aliphatic heterocycles. The first-order valence-electron chi connectivity index (χ1n) is 14.0. The van der Waals surface area contributed by atoms with E-state index in [1.807, 2.05) is 4.90 Å². The summed E-state index contributed by atoms with van der Waals surface area (Å²) < 4.78 is 0. The first-order chi connectivity index (χ1) is 16.6. The van der Waals surface area contributed by atoms with Crippen molar-refractivity contribution < 1.29 is 9.59 Å². The second-order valence-electron chi connectivity index (χ2n) is 13.0. The fraction of sp³-hybridized carbons (Fsp3) is 0.733. The van der Waals surface area contributed by atoms with E-state index < -0.39 is 0 Å². The van der Waals surface area contributed by atoms with E-state index in [9.17, 15) is 9.59 Å². The SMILES string of the molecule is CC(C)C[C@@H](C(=O)N[C@H]1CCC2(CCN(CCC(C)(C)C)CC2)c2ccccc21)N1CCCC1=O. The highest BCUT2D eigenvalue weighted by atomic mass is 16.2. The van der Waals surface area contributed by atoms with Crippen LogP contribution in [-0.2, 0) is 15.0 Å². The summed E-state index contributed by atoms with van der Waals surface area (Å²) in [6.45, 7) is 15.5. The predicted octanol–water partition coefficient (Wildman–Crippen LogP) is 5.44. The minimum absolute atomic E-state index is 0.0294. The summed E-state index contributed by atoms with van der Waals surface area (Å²) in [5.41, 5.74) is 3.36. The summed E-state index contributed by atoms with van der Waals surface area (Å²) in [5.74, 6) is 0.526. The number of rotatable bonds is 7. The molecule has 2 atom stereocenters. The van der Waals surface area contributed by atoms with Gasteiger partial charge in [-0.2, -0.15) is 0 Å². The highest BCUT2D eigenvalue weighted by molar-refractivity contribution is 5.88. The van der Waals surface area contributed by atoms with Crippen molar-refractivity contribution in [3.05, 3.63) is 35.4 Å². The van der Waals surface area contributed by atoms with Crippen molar-refractivity contribution in [2.75, 3.05) is 26.2 Å². The lowest BCUT2D eigenvalue weighted by Gasteiger charge is -2.47. The molecular weight excluding hydrogens is 434 g/mol. The normalized spacial score (nSPS) is 23.5. The van der Waals surface area contributed by atoms with Crippen molar-refractivity contribution in [3.8, 4) is 0 Å². The van der Waals surface area contributed by atoms with Crippen molar-refractivity contribution in [1.82, 2.24) is 15.1 Å². The van der Waals surface area contributed by atoms with E-state index in [0.717, 1.165) is 38.8 Å². The molecule has 194 valence electrons. The van der Waals surface area contributed by atoms with E-state index in [1.54, 1.807) is 0 Å². The second-order valence-corrected chi connectivity index (χ2v) is 13.0. The molecule has 35 heavy (non-hydrogen) atoms. The summed E-state index contributed by atoms with van der Waals surface area (Å²) >= 11 is 0. The molecule has 0 aromatic heterocycles. The Bertz CT molecular complexity index is 895. The minimum atomic E-state index is -0.348. The van der Waals surface area contributed by atoms with Gasteiger partial charge in [-0.25, -0.2) is 0 Å². The summed E-state index contributed by atoms with van der Waals surface area (Å²) in [6.07, 6.45) is 7.90. The van der Waals surface area contributed by atoms with Gasteiger partial charge < -0.3 is 15.1 Å². The molecule has 2 saturated heterocycles. The Labute approximate surface area is 213 Å². The van der Waals surface area contributed by atoms with E-state index in [-0.39, 0.29) is 29.3 Å². The molecule has 0 unspecified atom stereocenters. The Morgan fingerprint density at radius 1 is 1.11 bits per heavy atom. The van der Waals surface area contributed by atoms with E-state index >= 15 is 0 Å². The smallest absolute Gasteiger partial charge is 0.243 e. The third-order valence-electron chi connectivity index (χ3n) is 8.61. The van der Waals surface area contributed by atoms with Gasteiger partial charge in [0.15, 0.2) is 0 Å². The second kappa shape index (κ2) is 10.6. The number of carbonyl (C=O) groups excluding carboxylic acids is 2. The van der Waals surface area contributed by atoms with E-state index in [2.05, 4.69) is 69.1 Å². The van der Waals surface area contributed by atoms with Gasteiger partial charge >= 0.3 is 0 Å². The highest BCUT2D eigenvalue weighted by Gasteiger charge is 2.43. The molecule has 1 aromatic carbocycles. The summed E-state index contributed by atoms with van der Waals surface area (Å²) in [5, 5.41) is 3.40. The number of hydrogen-bond donors (Lipinski definition) is 1. The third-order valence-corrected chi connectivity index (χ3v) is 8.61. The number of piperidine rings is 1. The van der Waals surface area contributed by atoms with Crippen LogP contribution in [0.15, 0.2) is 24.3 Å². The average molecular weight is 482 g/mol. The molecule has 0 saturated carbocycles. The van der Waals surface area contributed by atoms with Crippen LogP contribution in [-0.4, -0.2) is 53.8 Å². The number of nitrogens with one attached hydrogen (secondary N) is 1. The number of nitrogens with zero attached hydrogens (tertiary/aromatic N) is 2. The van der Waals surface area contributed by atoms with Gasteiger partial charge in [-0.1, -0.05) is 58.9 Å². The van der Waals surface area contributed by atoms with Crippen LogP contribution < -0.4 is 5.32 Å². The first kappa shape index (κ1) is 26.2. The van der Waals surface area contributed by atoms with Crippen LogP contribution in [0.2, 0.25) is 0 Å². The Kier molecular flexibility index (Phi) is 7.95. The van der Waals surface area contributed by atoms with Crippen LogP contribution in [0.3, 0.4) is 0 Å². The third kappa shape index (κ3) is 6.10. The maximum Gasteiger partial charge on any atom is 0.243 e. The van der Waals surface area contributed by atoms with E-state index in [0.29, 0.717) is 24.3 Å². The quantitative estimate of drug-likeness (QED) is 0.564. The lowest BCUT2D eigenvalue weighted by molar-refractivity contribution is -0.138. The Balaban J connectivity index is 1.46. The van der Waals surface area contributed by atoms with Crippen molar-refractivity contribution >= 4 is 11.8 Å². The summed E-state index contributed by atoms with van der Waals surface area (Å²) in [4.78, 5) is 30.5. The van der Waals surface area contributed by atoms with Crippen LogP contribution in [0.1, 0.15) is 103 Å². The lowest BCUT2D eigenvalue weighted by atomic mass is 9.63. The highest BCUT2D eigenvalue weighted by Crippen LogP contribution is 2.48. The van der Waals surface area contributed by atoms with Gasteiger partial charge in [-0.15, -0.1) is 0 Å². The fourth-order valence-corrected chi connectivity index (χ4v) is 6.45. The molecule has 1 aromatic rings. The molecule has 5 nitrogen and oxygen atoms in total. The number of hydrogen-bond acceptors (Lipinski definition) is 3. The molecule has 1 spiro atoms. The van der Waals surface area contributed by atoms with Crippen molar-refractivity contribution in [2.24, 2.45) is 11.3 Å². The molecule has 5 heteroatoms. The monoisotopic (exact) mass is 481 g/mol. The van der Waals surface area contributed by atoms with Crippen LogP contribution in [0.25, 0.3) is 0 Å². The maximum absolute atomic E-state index is 13.5. The van der Waals surface area contributed by atoms with Crippen LogP contribution in [0.4, 0.5) is 0 Å². The molecule has 2 amide bonds. The average Bonchev–Trinajstić information content (AvgIpc) is 3.24. The topological polar surface area (TPSA) is 52.7 Å². The minimum Gasteiger partial charge on any atom is -0.347 e.